The lowest BCUT2D eigenvalue weighted by Crippen LogP contribution is -2.48. The molecule has 1 unspecified atom stereocenters. The van der Waals surface area contributed by atoms with E-state index in [1.54, 1.807) is 0 Å². The fourth-order valence-corrected chi connectivity index (χ4v) is 4.11. The molecule has 1 saturated heterocycles. The summed E-state index contributed by atoms with van der Waals surface area (Å²) in [5.74, 6) is 0.716. The van der Waals surface area contributed by atoms with E-state index in [4.69, 9.17) is 0 Å². The lowest BCUT2D eigenvalue weighted by atomic mass is 10.0. The minimum atomic E-state index is -3.02. The van der Waals surface area contributed by atoms with Crippen molar-refractivity contribution in [2.75, 3.05) is 19.6 Å². The molecule has 0 amide bonds. The predicted octanol–water partition coefficient (Wildman–Crippen LogP) is 1.58. The third-order valence-corrected chi connectivity index (χ3v) is 5.83. The summed E-state index contributed by atoms with van der Waals surface area (Å²) in [6, 6.07) is 0.136. The summed E-state index contributed by atoms with van der Waals surface area (Å²) < 4.78 is 26.7. The van der Waals surface area contributed by atoms with E-state index < -0.39 is 10.0 Å². The predicted molar refractivity (Wildman–Crippen MR) is 74.0 cm³/mol. The number of nitrogens with one attached hydrogen (secondary N) is 1. The molecule has 1 aliphatic heterocycles. The van der Waals surface area contributed by atoms with Crippen molar-refractivity contribution in [2.24, 2.45) is 5.92 Å². The van der Waals surface area contributed by atoms with Crippen LogP contribution in [0.25, 0.3) is 0 Å². The Hall–Kier alpha value is -0.130. The molecule has 0 radical (unpaired) electrons. The van der Waals surface area contributed by atoms with E-state index in [0.29, 0.717) is 5.92 Å². The molecule has 0 spiro atoms. The maximum atomic E-state index is 11.9. The zero-order valence-corrected chi connectivity index (χ0v) is 12.4. The second-order valence-electron chi connectivity index (χ2n) is 6.18. The van der Waals surface area contributed by atoms with Gasteiger partial charge in [-0.2, -0.15) is 0 Å². The van der Waals surface area contributed by atoms with Crippen LogP contribution in [0.5, 0.6) is 0 Å². The second kappa shape index (κ2) is 5.88. The van der Waals surface area contributed by atoms with E-state index in [1.165, 1.54) is 6.42 Å². The van der Waals surface area contributed by atoms with Gasteiger partial charge in [-0.25, -0.2) is 13.1 Å². The van der Waals surface area contributed by atoms with Gasteiger partial charge in [-0.3, -0.25) is 0 Å². The van der Waals surface area contributed by atoms with Gasteiger partial charge in [0.1, 0.15) is 0 Å². The Morgan fingerprint density at radius 3 is 2.61 bits per heavy atom. The van der Waals surface area contributed by atoms with Gasteiger partial charge in [0.15, 0.2) is 0 Å². The Bertz CT molecular complexity index is 363. The molecule has 1 heterocycles. The van der Waals surface area contributed by atoms with Crippen molar-refractivity contribution in [1.82, 2.24) is 9.62 Å². The number of piperidine rings is 1. The van der Waals surface area contributed by atoms with Crippen molar-refractivity contribution < 1.29 is 8.42 Å². The molecule has 0 bridgehead atoms. The van der Waals surface area contributed by atoms with Gasteiger partial charge in [-0.15, -0.1) is 0 Å². The Kier molecular flexibility index (Phi) is 4.67. The molecular formula is C13H26N2O2S. The molecule has 1 saturated carbocycles. The summed E-state index contributed by atoms with van der Waals surface area (Å²) in [4.78, 5) is 2.41. The highest BCUT2D eigenvalue weighted by atomic mass is 32.2. The summed E-state index contributed by atoms with van der Waals surface area (Å²) in [7, 11) is -3.02. The van der Waals surface area contributed by atoms with Gasteiger partial charge < -0.3 is 4.90 Å². The van der Waals surface area contributed by atoms with Gasteiger partial charge in [-0.1, -0.05) is 13.8 Å². The van der Waals surface area contributed by atoms with Crippen LogP contribution in [0.4, 0.5) is 0 Å². The van der Waals surface area contributed by atoms with Crippen molar-refractivity contribution in [3.05, 3.63) is 0 Å². The zero-order chi connectivity index (χ0) is 13.2. The average molecular weight is 274 g/mol. The quantitative estimate of drug-likeness (QED) is 0.800. The standard InChI is InChI=1S/C13H26N2O2S/c1-11(2)7-9-15-8-3-4-12(10-15)14-18(16,17)13-5-6-13/h11-14H,3-10H2,1-2H3. The fraction of sp³-hybridized carbons (Fsp3) is 1.00. The van der Waals surface area contributed by atoms with E-state index >= 15 is 0 Å². The van der Waals surface area contributed by atoms with Gasteiger partial charge in [0, 0.05) is 12.6 Å². The third-order valence-electron chi connectivity index (χ3n) is 3.82. The molecule has 1 aliphatic carbocycles. The van der Waals surface area contributed by atoms with Crippen molar-refractivity contribution in [1.29, 1.82) is 0 Å². The van der Waals surface area contributed by atoms with Crippen LogP contribution in [0.2, 0.25) is 0 Å². The second-order valence-corrected chi connectivity index (χ2v) is 8.18. The Balaban J connectivity index is 1.79. The first-order valence-electron chi connectivity index (χ1n) is 7.21. The summed E-state index contributed by atoms with van der Waals surface area (Å²) in [5, 5.41) is -0.0939. The molecule has 5 heteroatoms. The maximum Gasteiger partial charge on any atom is 0.214 e. The first-order chi connectivity index (χ1) is 8.47. The number of hydrogen-bond donors (Lipinski definition) is 1. The summed E-state index contributed by atoms with van der Waals surface area (Å²) >= 11 is 0. The Morgan fingerprint density at radius 1 is 1.28 bits per heavy atom. The molecule has 18 heavy (non-hydrogen) atoms. The van der Waals surface area contributed by atoms with E-state index in [2.05, 4.69) is 23.5 Å². The van der Waals surface area contributed by atoms with Gasteiger partial charge in [0.25, 0.3) is 0 Å². The monoisotopic (exact) mass is 274 g/mol. The molecule has 106 valence electrons. The number of sulfonamides is 1. The SMILES string of the molecule is CC(C)CCN1CCCC(NS(=O)(=O)C2CC2)C1. The fourth-order valence-electron chi connectivity index (χ4n) is 2.50. The van der Waals surface area contributed by atoms with Crippen LogP contribution in [0.1, 0.15) is 46.0 Å². The number of likely N-dealkylation sites (tertiary alicyclic amines) is 1. The van der Waals surface area contributed by atoms with Crippen LogP contribution in [0.3, 0.4) is 0 Å². The van der Waals surface area contributed by atoms with Crippen LogP contribution in [0, 0.1) is 5.92 Å². The number of rotatable bonds is 6. The zero-order valence-electron chi connectivity index (χ0n) is 11.6. The van der Waals surface area contributed by atoms with E-state index in [9.17, 15) is 8.42 Å². The highest BCUT2D eigenvalue weighted by Crippen LogP contribution is 2.28. The summed E-state index contributed by atoms with van der Waals surface area (Å²) in [6.45, 7) is 7.57. The lowest BCUT2D eigenvalue weighted by Gasteiger charge is -2.33. The van der Waals surface area contributed by atoms with E-state index in [0.717, 1.165) is 45.3 Å². The lowest BCUT2D eigenvalue weighted by molar-refractivity contribution is 0.193. The molecule has 1 atom stereocenters. The normalized spacial score (nSPS) is 26.7. The molecular weight excluding hydrogens is 248 g/mol. The van der Waals surface area contributed by atoms with Gasteiger partial charge >= 0.3 is 0 Å². The molecule has 2 rings (SSSR count). The Morgan fingerprint density at radius 2 is 2.00 bits per heavy atom. The van der Waals surface area contributed by atoms with Gasteiger partial charge in [0.05, 0.1) is 5.25 Å². The number of nitrogens with zero attached hydrogens (tertiary/aromatic N) is 1. The molecule has 0 aromatic rings. The van der Waals surface area contributed by atoms with Crippen molar-refractivity contribution in [3.8, 4) is 0 Å². The molecule has 0 aromatic carbocycles. The van der Waals surface area contributed by atoms with Crippen molar-refractivity contribution >= 4 is 10.0 Å². The van der Waals surface area contributed by atoms with Crippen LogP contribution in [-0.2, 0) is 10.0 Å². The van der Waals surface area contributed by atoms with Crippen molar-refractivity contribution in [2.45, 2.75) is 57.2 Å². The minimum absolute atomic E-state index is 0.0939. The van der Waals surface area contributed by atoms with Crippen LogP contribution in [0.15, 0.2) is 0 Å². The molecule has 0 aromatic heterocycles. The summed E-state index contributed by atoms with van der Waals surface area (Å²) in [6.07, 6.45) is 4.99. The van der Waals surface area contributed by atoms with Gasteiger partial charge in [0.2, 0.25) is 10.0 Å². The smallest absolute Gasteiger partial charge is 0.214 e. The topological polar surface area (TPSA) is 49.4 Å². The molecule has 2 fully saturated rings. The highest BCUT2D eigenvalue weighted by molar-refractivity contribution is 7.90. The largest absolute Gasteiger partial charge is 0.302 e. The number of hydrogen-bond acceptors (Lipinski definition) is 3. The minimum Gasteiger partial charge on any atom is -0.302 e. The average Bonchev–Trinajstić information content (AvgIpc) is 3.10. The third kappa shape index (κ3) is 4.21. The van der Waals surface area contributed by atoms with Gasteiger partial charge in [-0.05, 0) is 51.1 Å². The van der Waals surface area contributed by atoms with E-state index in [1.807, 2.05) is 0 Å². The highest BCUT2D eigenvalue weighted by Gasteiger charge is 2.37. The van der Waals surface area contributed by atoms with Crippen molar-refractivity contribution in [3.63, 3.8) is 0 Å². The molecule has 1 N–H and O–H groups in total. The molecule has 2 aliphatic rings. The first-order valence-corrected chi connectivity index (χ1v) is 8.75. The first kappa shape index (κ1) is 14.3. The molecule has 4 nitrogen and oxygen atoms in total. The summed E-state index contributed by atoms with van der Waals surface area (Å²) in [5.41, 5.74) is 0. The van der Waals surface area contributed by atoms with Crippen LogP contribution in [-0.4, -0.2) is 44.2 Å². The van der Waals surface area contributed by atoms with E-state index in [-0.39, 0.29) is 11.3 Å². The Labute approximate surface area is 111 Å². The van der Waals surface area contributed by atoms with Crippen LogP contribution < -0.4 is 4.72 Å². The van der Waals surface area contributed by atoms with Crippen LogP contribution >= 0.6 is 0 Å². The maximum absolute atomic E-state index is 11.9.